The summed E-state index contributed by atoms with van der Waals surface area (Å²) in [5.41, 5.74) is 0. The molecule has 0 amide bonds. The number of halogens is 2. The van der Waals surface area contributed by atoms with Crippen LogP contribution in [0.25, 0.3) is 0 Å². The predicted octanol–water partition coefficient (Wildman–Crippen LogP) is 2.21. The number of hydrogen-bond acceptors (Lipinski definition) is 6. The third-order valence-electron chi connectivity index (χ3n) is 2.57. The Bertz CT molecular complexity index is 572. The van der Waals surface area contributed by atoms with Crippen LogP contribution in [0.15, 0.2) is 22.7 Å². The van der Waals surface area contributed by atoms with Gasteiger partial charge in [-0.15, -0.1) is 0 Å². The number of benzene rings is 1. The second kappa shape index (κ2) is 7.61. The van der Waals surface area contributed by atoms with Crippen LogP contribution in [0.1, 0.15) is 11.7 Å². The van der Waals surface area contributed by atoms with Crippen molar-refractivity contribution in [2.24, 2.45) is 0 Å². The number of aryl methyl sites for hydroxylation is 1. The number of ether oxygens (including phenoxy) is 1. The van der Waals surface area contributed by atoms with Crippen LogP contribution in [-0.2, 0) is 6.54 Å². The van der Waals surface area contributed by atoms with Crippen molar-refractivity contribution in [1.29, 1.82) is 0 Å². The second-order valence-corrected chi connectivity index (χ2v) is 5.19. The van der Waals surface area contributed by atoms with Crippen molar-refractivity contribution in [3.05, 3.63) is 40.0 Å². The Hall–Kier alpha value is -1.34. The maximum Gasteiger partial charge on any atom is 0.223 e. The van der Waals surface area contributed by atoms with Gasteiger partial charge in [0.1, 0.15) is 12.7 Å². The van der Waals surface area contributed by atoms with E-state index in [2.05, 4.69) is 15.5 Å². The topological polar surface area (TPSA) is 80.4 Å². The van der Waals surface area contributed by atoms with Crippen LogP contribution in [0.3, 0.4) is 0 Å². The minimum atomic E-state index is -0.717. The van der Waals surface area contributed by atoms with Gasteiger partial charge >= 0.3 is 0 Å². The first-order chi connectivity index (χ1) is 10.1. The highest BCUT2D eigenvalue weighted by molar-refractivity contribution is 6.37. The highest BCUT2D eigenvalue weighted by Gasteiger charge is 2.11. The smallest absolute Gasteiger partial charge is 0.223 e. The van der Waals surface area contributed by atoms with E-state index in [0.717, 1.165) is 0 Å². The minimum Gasteiger partial charge on any atom is -0.488 e. The number of aliphatic hydroxyl groups excluding tert-OH is 1. The van der Waals surface area contributed by atoms with Crippen molar-refractivity contribution in [1.82, 2.24) is 15.5 Å². The Morgan fingerprint density at radius 3 is 2.71 bits per heavy atom. The molecule has 2 aromatic rings. The van der Waals surface area contributed by atoms with Crippen LogP contribution < -0.4 is 10.1 Å². The first-order valence-corrected chi connectivity index (χ1v) is 7.06. The number of para-hydroxylation sites is 1. The number of rotatable bonds is 7. The molecule has 1 heterocycles. The Morgan fingerprint density at radius 1 is 1.38 bits per heavy atom. The van der Waals surface area contributed by atoms with Crippen molar-refractivity contribution < 1.29 is 14.4 Å². The van der Waals surface area contributed by atoms with Gasteiger partial charge in [-0.05, 0) is 12.1 Å². The molecule has 1 aromatic heterocycles. The molecular formula is C13H15Cl2N3O3. The van der Waals surface area contributed by atoms with E-state index >= 15 is 0 Å². The van der Waals surface area contributed by atoms with E-state index in [1.165, 1.54) is 0 Å². The van der Waals surface area contributed by atoms with Gasteiger partial charge in [-0.25, -0.2) is 0 Å². The van der Waals surface area contributed by atoms with Crippen molar-refractivity contribution in [3.8, 4) is 5.75 Å². The van der Waals surface area contributed by atoms with Gasteiger partial charge in [-0.2, -0.15) is 4.98 Å². The van der Waals surface area contributed by atoms with Gasteiger partial charge in [0.15, 0.2) is 11.6 Å². The Balaban J connectivity index is 1.73. The second-order valence-electron chi connectivity index (χ2n) is 4.38. The largest absolute Gasteiger partial charge is 0.488 e. The summed E-state index contributed by atoms with van der Waals surface area (Å²) < 4.78 is 10.3. The van der Waals surface area contributed by atoms with Gasteiger partial charge < -0.3 is 19.7 Å². The molecule has 0 radical (unpaired) electrons. The first kappa shape index (κ1) is 16.0. The monoisotopic (exact) mass is 331 g/mol. The summed E-state index contributed by atoms with van der Waals surface area (Å²) in [5, 5.41) is 17.4. The van der Waals surface area contributed by atoms with Crippen LogP contribution in [0.4, 0.5) is 0 Å². The number of aromatic nitrogens is 2. The lowest BCUT2D eigenvalue weighted by Crippen LogP contribution is -2.31. The van der Waals surface area contributed by atoms with E-state index in [1.54, 1.807) is 25.1 Å². The third kappa shape index (κ3) is 4.86. The molecule has 6 nitrogen and oxygen atoms in total. The normalized spacial score (nSPS) is 12.4. The lowest BCUT2D eigenvalue weighted by Gasteiger charge is -2.14. The zero-order valence-electron chi connectivity index (χ0n) is 11.3. The lowest BCUT2D eigenvalue weighted by molar-refractivity contribution is 0.106. The molecule has 0 spiro atoms. The van der Waals surface area contributed by atoms with Crippen molar-refractivity contribution in [2.75, 3.05) is 13.2 Å². The summed E-state index contributed by atoms with van der Waals surface area (Å²) in [7, 11) is 0. The lowest BCUT2D eigenvalue weighted by atomic mass is 10.3. The Labute approximate surface area is 132 Å². The summed E-state index contributed by atoms with van der Waals surface area (Å²) in [4.78, 5) is 4.04. The molecule has 1 atom stereocenters. The molecule has 0 aliphatic carbocycles. The van der Waals surface area contributed by atoms with Gasteiger partial charge in [0.2, 0.25) is 5.89 Å². The summed E-state index contributed by atoms with van der Waals surface area (Å²) in [5.74, 6) is 1.41. The molecule has 0 saturated heterocycles. The van der Waals surface area contributed by atoms with Crippen molar-refractivity contribution >= 4 is 23.2 Å². The molecule has 1 aromatic carbocycles. The zero-order chi connectivity index (χ0) is 15.2. The molecule has 2 N–H and O–H groups in total. The maximum atomic E-state index is 9.84. The van der Waals surface area contributed by atoms with Gasteiger partial charge in [0, 0.05) is 13.5 Å². The van der Waals surface area contributed by atoms with Gasteiger partial charge in [0.25, 0.3) is 0 Å². The minimum absolute atomic E-state index is 0.0712. The van der Waals surface area contributed by atoms with Gasteiger partial charge in [-0.3, -0.25) is 0 Å². The van der Waals surface area contributed by atoms with E-state index in [4.69, 9.17) is 32.5 Å². The molecule has 114 valence electrons. The van der Waals surface area contributed by atoms with Crippen LogP contribution in [0.2, 0.25) is 10.0 Å². The fraction of sp³-hybridized carbons (Fsp3) is 0.385. The molecule has 8 heteroatoms. The first-order valence-electron chi connectivity index (χ1n) is 6.31. The number of hydrogen-bond donors (Lipinski definition) is 2. The fourth-order valence-electron chi connectivity index (χ4n) is 1.62. The molecule has 0 aliphatic rings. The van der Waals surface area contributed by atoms with E-state index in [1.807, 2.05) is 0 Å². The summed E-state index contributed by atoms with van der Waals surface area (Å²) in [6, 6.07) is 5.07. The summed E-state index contributed by atoms with van der Waals surface area (Å²) in [6.45, 7) is 2.51. The fourth-order valence-corrected chi connectivity index (χ4v) is 2.13. The molecule has 0 bridgehead atoms. The van der Waals surface area contributed by atoms with E-state index in [-0.39, 0.29) is 6.61 Å². The van der Waals surface area contributed by atoms with Gasteiger partial charge in [-0.1, -0.05) is 34.4 Å². The zero-order valence-corrected chi connectivity index (χ0v) is 12.9. The molecule has 2 rings (SSSR count). The maximum absolute atomic E-state index is 9.84. The third-order valence-corrected chi connectivity index (χ3v) is 3.17. The van der Waals surface area contributed by atoms with Crippen LogP contribution >= 0.6 is 23.2 Å². The van der Waals surface area contributed by atoms with Crippen molar-refractivity contribution in [3.63, 3.8) is 0 Å². The summed E-state index contributed by atoms with van der Waals surface area (Å²) >= 11 is 11.9. The van der Waals surface area contributed by atoms with E-state index < -0.39 is 6.10 Å². The van der Waals surface area contributed by atoms with E-state index in [0.29, 0.717) is 40.6 Å². The molecule has 21 heavy (non-hydrogen) atoms. The highest BCUT2D eigenvalue weighted by atomic mass is 35.5. The molecule has 0 fully saturated rings. The molecule has 0 aliphatic heterocycles. The summed E-state index contributed by atoms with van der Waals surface area (Å²) in [6.07, 6.45) is -0.717. The highest BCUT2D eigenvalue weighted by Crippen LogP contribution is 2.32. The molecule has 0 saturated carbocycles. The van der Waals surface area contributed by atoms with Crippen LogP contribution in [0, 0.1) is 6.92 Å². The average molecular weight is 332 g/mol. The molecular weight excluding hydrogens is 317 g/mol. The average Bonchev–Trinajstić information content (AvgIpc) is 2.84. The number of nitrogens with zero attached hydrogens (tertiary/aromatic N) is 2. The quantitative estimate of drug-likeness (QED) is 0.809. The number of aliphatic hydroxyl groups is 1. The Morgan fingerprint density at radius 2 is 2.10 bits per heavy atom. The van der Waals surface area contributed by atoms with E-state index in [9.17, 15) is 5.11 Å². The predicted molar refractivity (Wildman–Crippen MR) is 78.7 cm³/mol. The SMILES string of the molecule is Cc1nc(CNCC(O)COc2c(Cl)cccc2Cl)no1. The Kier molecular flexibility index (Phi) is 5.81. The van der Waals surface area contributed by atoms with Gasteiger partial charge in [0.05, 0.1) is 16.6 Å². The molecule has 1 unspecified atom stereocenters. The van der Waals surface area contributed by atoms with Crippen LogP contribution in [0.5, 0.6) is 5.75 Å². The number of nitrogens with one attached hydrogen (secondary N) is 1. The van der Waals surface area contributed by atoms with Crippen molar-refractivity contribution in [2.45, 2.75) is 19.6 Å². The van der Waals surface area contributed by atoms with Crippen LogP contribution in [-0.4, -0.2) is 34.5 Å². The standard InChI is InChI=1S/C13H15Cl2N3O3/c1-8-17-12(18-21-8)6-16-5-9(19)7-20-13-10(14)3-2-4-11(13)15/h2-4,9,16,19H,5-7H2,1H3.